The third kappa shape index (κ3) is 1.67. The van der Waals surface area contributed by atoms with Crippen LogP contribution in [0.2, 0.25) is 0 Å². The minimum atomic E-state index is 0.985. The predicted octanol–water partition coefficient (Wildman–Crippen LogP) is 5.30. The smallest absolute Gasteiger partial charge is 0.134 e. The predicted molar refractivity (Wildman–Crippen MR) is 75.4 cm³/mol. The summed E-state index contributed by atoms with van der Waals surface area (Å²) in [5, 5.41) is 3.79. The molecule has 1 nitrogen and oxygen atoms in total. The van der Waals surface area contributed by atoms with E-state index in [1.807, 2.05) is 6.26 Å². The monoisotopic (exact) mass is 288 g/mol. The normalized spacial score (nSPS) is 11.4. The Kier molecular flexibility index (Phi) is 2.67. The molecular weight excluding hydrogens is 276 g/mol. The number of halogens is 1. The molecule has 0 aliphatic heterocycles. The highest BCUT2D eigenvalue weighted by Gasteiger charge is 2.10. The van der Waals surface area contributed by atoms with E-state index in [0.29, 0.717) is 0 Å². The number of rotatable bonds is 2. The minimum absolute atomic E-state index is 0.985. The highest BCUT2D eigenvalue weighted by Crippen LogP contribution is 2.33. The molecule has 0 atom stereocenters. The van der Waals surface area contributed by atoms with Gasteiger partial charge in [0, 0.05) is 9.86 Å². The molecule has 1 heterocycles. The highest BCUT2D eigenvalue weighted by molar-refractivity contribution is 9.10. The van der Waals surface area contributed by atoms with Gasteiger partial charge < -0.3 is 4.42 Å². The molecule has 0 unspecified atom stereocenters. The lowest BCUT2D eigenvalue weighted by Crippen LogP contribution is -1.82. The van der Waals surface area contributed by atoms with Gasteiger partial charge in [-0.15, -0.1) is 0 Å². The number of aryl methyl sites for hydroxylation is 1. The van der Waals surface area contributed by atoms with Crippen molar-refractivity contribution in [2.24, 2.45) is 0 Å². The number of fused-ring (bicyclic) bond motifs is 3. The summed E-state index contributed by atoms with van der Waals surface area (Å²) in [6.45, 7) is 2.19. The molecule has 0 fully saturated rings. The van der Waals surface area contributed by atoms with Crippen LogP contribution >= 0.6 is 15.9 Å². The van der Waals surface area contributed by atoms with Crippen molar-refractivity contribution in [2.45, 2.75) is 19.8 Å². The second-order valence-corrected chi connectivity index (χ2v) is 5.14. The lowest BCUT2D eigenvalue weighted by Gasteiger charge is -2.03. The van der Waals surface area contributed by atoms with Crippen LogP contribution in [-0.4, -0.2) is 0 Å². The van der Waals surface area contributed by atoms with Crippen LogP contribution in [-0.2, 0) is 6.42 Å². The zero-order valence-corrected chi connectivity index (χ0v) is 11.3. The second kappa shape index (κ2) is 4.19. The van der Waals surface area contributed by atoms with Gasteiger partial charge in [0.2, 0.25) is 0 Å². The third-order valence-corrected chi connectivity index (χ3v) is 3.83. The fourth-order valence-electron chi connectivity index (χ4n) is 2.38. The van der Waals surface area contributed by atoms with E-state index in [4.69, 9.17) is 4.42 Å². The molecule has 3 aromatic rings. The van der Waals surface area contributed by atoms with Crippen LogP contribution < -0.4 is 0 Å². The van der Waals surface area contributed by atoms with Gasteiger partial charge in [0.05, 0.1) is 6.26 Å². The molecule has 2 heteroatoms. The topological polar surface area (TPSA) is 13.1 Å². The number of hydrogen-bond acceptors (Lipinski definition) is 1. The summed E-state index contributed by atoms with van der Waals surface area (Å²) in [5.41, 5.74) is 2.30. The largest absolute Gasteiger partial charge is 0.464 e. The van der Waals surface area contributed by atoms with Crippen molar-refractivity contribution in [3.63, 3.8) is 0 Å². The van der Waals surface area contributed by atoms with Gasteiger partial charge in [-0.2, -0.15) is 0 Å². The maximum atomic E-state index is 5.63. The molecule has 0 bridgehead atoms. The summed E-state index contributed by atoms with van der Waals surface area (Å²) in [7, 11) is 0. The van der Waals surface area contributed by atoms with E-state index in [1.54, 1.807) is 0 Å². The molecule has 3 rings (SSSR count). The first-order valence-electron chi connectivity index (χ1n) is 5.88. The second-order valence-electron chi connectivity index (χ2n) is 4.28. The van der Waals surface area contributed by atoms with Crippen molar-refractivity contribution in [1.29, 1.82) is 0 Å². The van der Waals surface area contributed by atoms with Crippen LogP contribution in [0.1, 0.15) is 18.9 Å². The summed E-state index contributed by atoms with van der Waals surface area (Å²) in [6, 6.07) is 10.5. The minimum Gasteiger partial charge on any atom is -0.464 e. The van der Waals surface area contributed by atoms with Crippen molar-refractivity contribution in [1.82, 2.24) is 0 Å². The van der Waals surface area contributed by atoms with E-state index in [9.17, 15) is 0 Å². The Labute approximate surface area is 109 Å². The third-order valence-electron chi connectivity index (χ3n) is 3.14. The maximum absolute atomic E-state index is 5.63. The molecule has 0 saturated carbocycles. The van der Waals surface area contributed by atoms with Crippen LogP contribution in [0.15, 0.2) is 45.5 Å². The molecule has 1 aromatic heterocycles. The Balaban J connectivity index is 2.44. The van der Waals surface area contributed by atoms with E-state index in [0.717, 1.165) is 22.9 Å². The quantitative estimate of drug-likeness (QED) is 0.624. The van der Waals surface area contributed by atoms with Gasteiger partial charge in [-0.1, -0.05) is 41.4 Å². The molecule has 0 amide bonds. The summed E-state index contributed by atoms with van der Waals surface area (Å²) in [4.78, 5) is 0. The van der Waals surface area contributed by atoms with E-state index in [2.05, 4.69) is 53.2 Å². The molecule has 0 aliphatic carbocycles. The number of furan rings is 1. The first-order valence-corrected chi connectivity index (χ1v) is 6.68. The van der Waals surface area contributed by atoms with Crippen molar-refractivity contribution < 1.29 is 4.42 Å². The molecule has 0 spiro atoms. The van der Waals surface area contributed by atoms with Crippen LogP contribution in [0.4, 0.5) is 0 Å². The zero-order valence-electron chi connectivity index (χ0n) is 9.66. The van der Waals surface area contributed by atoms with Gasteiger partial charge in [0.1, 0.15) is 5.58 Å². The summed E-state index contributed by atoms with van der Waals surface area (Å²) in [6.07, 6.45) is 4.10. The Bertz CT molecular complexity index is 682. The maximum Gasteiger partial charge on any atom is 0.134 e. The van der Waals surface area contributed by atoms with Crippen molar-refractivity contribution in [3.8, 4) is 0 Å². The van der Waals surface area contributed by atoms with Gasteiger partial charge in [-0.25, -0.2) is 0 Å². The van der Waals surface area contributed by atoms with E-state index in [-0.39, 0.29) is 0 Å². The summed E-state index contributed by atoms with van der Waals surface area (Å²) >= 11 is 3.60. The Hall–Kier alpha value is -1.28. The molecule has 86 valence electrons. The van der Waals surface area contributed by atoms with Gasteiger partial charge in [-0.3, -0.25) is 0 Å². The average Bonchev–Trinajstić information content (AvgIpc) is 2.74. The van der Waals surface area contributed by atoms with Gasteiger partial charge in [-0.05, 0) is 41.0 Å². The average molecular weight is 289 g/mol. The Morgan fingerprint density at radius 2 is 2.00 bits per heavy atom. The van der Waals surface area contributed by atoms with Crippen molar-refractivity contribution >= 4 is 37.7 Å². The van der Waals surface area contributed by atoms with E-state index < -0.39 is 0 Å². The van der Waals surface area contributed by atoms with Crippen LogP contribution in [0.5, 0.6) is 0 Å². The van der Waals surface area contributed by atoms with Gasteiger partial charge in [0.15, 0.2) is 0 Å². The Morgan fingerprint density at radius 3 is 2.82 bits per heavy atom. The first kappa shape index (κ1) is 10.8. The molecule has 0 aliphatic rings. The van der Waals surface area contributed by atoms with Crippen LogP contribution in [0.3, 0.4) is 0 Å². The molecule has 2 aromatic carbocycles. The van der Waals surface area contributed by atoms with E-state index in [1.165, 1.54) is 21.7 Å². The van der Waals surface area contributed by atoms with Gasteiger partial charge in [0.25, 0.3) is 0 Å². The van der Waals surface area contributed by atoms with E-state index >= 15 is 0 Å². The first-order chi connectivity index (χ1) is 8.31. The number of benzene rings is 2. The Morgan fingerprint density at radius 1 is 1.12 bits per heavy atom. The fourth-order valence-corrected chi connectivity index (χ4v) is 2.87. The lowest BCUT2D eigenvalue weighted by atomic mass is 10.0. The number of hydrogen-bond donors (Lipinski definition) is 0. The zero-order chi connectivity index (χ0) is 11.8. The molecule has 0 saturated heterocycles. The molecule has 17 heavy (non-hydrogen) atoms. The molecular formula is C15H13BrO. The SMILES string of the molecule is CCCc1coc2ccc3c(Br)cccc3c12. The van der Waals surface area contributed by atoms with Crippen LogP contribution in [0.25, 0.3) is 21.7 Å². The van der Waals surface area contributed by atoms with Crippen LogP contribution in [0, 0.1) is 0 Å². The summed E-state index contributed by atoms with van der Waals surface area (Å²) < 4.78 is 6.77. The molecule has 0 N–H and O–H groups in total. The summed E-state index contributed by atoms with van der Waals surface area (Å²) in [5.74, 6) is 0. The lowest BCUT2D eigenvalue weighted by molar-refractivity contribution is 0.609. The highest BCUT2D eigenvalue weighted by atomic mass is 79.9. The molecule has 0 radical (unpaired) electrons. The van der Waals surface area contributed by atoms with Gasteiger partial charge >= 0.3 is 0 Å². The standard InChI is InChI=1S/C15H13BrO/c1-2-4-10-9-17-14-8-7-11-12(15(10)14)5-3-6-13(11)16/h3,5-9H,2,4H2,1H3. The van der Waals surface area contributed by atoms with Crippen molar-refractivity contribution in [3.05, 3.63) is 46.6 Å². The fraction of sp³-hybridized carbons (Fsp3) is 0.200. The van der Waals surface area contributed by atoms with Crippen molar-refractivity contribution in [2.75, 3.05) is 0 Å².